The lowest BCUT2D eigenvalue weighted by molar-refractivity contribution is 0.0696. The van der Waals surface area contributed by atoms with E-state index in [2.05, 4.69) is 4.98 Å². The molecule has 20 heavy (non-hydrogen) atoms. The largest absolute Gasteiger partial charge is 0.476 e. The SMILES string of the molecule is CC(c1ccccc1F)N(C)Cc1csc(C(=O)O)n1. The van der Waals surface area contributed by atoms with Crippen molar-refractivity contribution in [2.45, 2.75) is 19.5 Å². The van der Waals surface area contributed by atoms with Gasteiger partial charge in [-0.3, -0.25) is 4.90 Å². The van der Waals surface area contributed by atoms with E-state index in [9.17, 15) is 9.18 Å². The molecule has 0 aliphatic carbocycles. The summed E-state index contributed by atoms with van der Waals surface area (Å²) in [6.07, 6.45) is 0. The molecule has 106 valence electrons. The van der Waals surface area contributed by atoms with Gasteiger partial charge in [-0.1, -0.05) is 18.2 Å². The van der Waals surface area contributed by atoms with E-state index < -0.39 is 5.97 Å². The second-order valence-electron chi connectivity index (χ2n) is 4.56. The van der Waals surface area contributed by atoms with Crippen LogP contribution in [0.15, 0.2) is 29.6 Å². The third-order valence-electron chi connectivity index (χ3n) is 3.16. The van der Waals surface area contributed by atoms with Gasteiger partial charge in [0.05, 0.1) is 5.69 Å². The fourth-order valence-corrected chi connectivity index (χ4v) is 2.57. The molecule has 4 nitrogen and oxygen atoms in total. The average molecular weight is 294 g/mol. The first-order chi connectivity index (χ1) is 9.49. The molecule has 0 aliphatic heterocycles. The van der Waals surface area contributed by atoms with Gasteiger partial charge in [0.1, 0.15) is 5.82 Å². The number of thiazole rings is 1. The van der Waals surface area contributed by atoms with E-state index in [4.69, 9.17) is 5.11 Å². The highest BCUT2D eigenvalue weighted by molar-refractivity contribution is 7.11. The summed E-state index contributed by atoms with van der Waals surface area (Å²) in [5.41, 5.74) is 1.29. The second-order valence-corrected chi connectivity index (χ2v) is 5.42. The Morgan fingerprint density at radius 1 is 1.50 bits per heavy atom. The van der Waals surface area contributed by atoms with Crippen LogP contribution in [0.5, 0.6) is 0 Å². The third kappa shape index (κ3) is 3.20. The molecule has 0 saturated carbocycles. The summed E-state index contributed by atoms with van der Waals surface area (Å²) in [5.74, 6) is -1.26. The predicted octanol–water partition coefficient (Wildman–Crippen LogP) is 3.17. The standard InChI is InChI=1S/C14H15FN2O2S/c1-9(11-5-3-4-6-12(11)15)17(2)7-10-8-20-13(16-10)14(18)19/h3-6,8-9H,7H2,1-2H3,(H,18,19). The molecule has 1 heterocycles. The third-order valence-corrected chi connectivity index (χ3v) is 4.04. The molecule has 0 saturated heterocycles. The minimum absolute atomic E-state index is 0.0759. The van der Waals surface area contributed by atoms with Gasteiger partial charge >= 0.3 is 5.97 Å². The van der Waals surface area contributed by atoms with Crippen LogP contribution in [0.25, 0.3) is 0 Å². The van der Waals surface area contributed by atoms with Crippen molar-refractivity contribution in [3.63, 3.8) is 0 Å². The monoisotopic (exact) mass is 294 g/mol. The summed E-state index contributed by atoms with van der Waals surface area (Å²) < 4.78 is 13.7. The molecule has 0 spiro atoms. The Hall–Kier alpha value is -1.79. The van der Waals surface area contributed by atoms with Crippen molar-refractivity contribution in [2.24, 2.45) is 0 Å². The summed E-state index contributed by atoms with van der Waals surface area (Å²) in [6.45, 7) is 2.38. The van der Waals surface area contributed by atoms with Gasteiger partial charge in [0, 0.05) is 23.5 Å². The van der Waals surface area contributed by atoms with Crippen molar-refractivity contribution in [3.05, 3.63) is 51.7 Å². The van der Waals surface area contributed by atoms with Gasteiger partial charge < -0.3 is 5.11 Å². The molecule has 0 fully saturated rings. The summed E-state index contributed by atoms with van der Waals surface area (Å²) in [6, 6.07) is 6.52. The molecule has 1 aromatic heterocycles. The predicted molar refractivity (Wildman–Crippen MR) is 75.4 cm³/mol. The van der Waals surface area contributed by atoms with E-state index in [1.165, 1.54) is 6.07 Å². The van der Waals surface area contributed by atoms with Crippen LogP contribution in [0.3, 0.4) is 0 Å². The molecular formula is C14H15FN2O2S. The Bertz CT molecular complexity index is 615. The maximum absolute atomic E-state index is 13.7. The minimum atomic E-state index is -1.02. The Balaban J connectivity index is 2.09. The van der Waals surface area contributed by atoms with E-state index in [-0.39, 0.29) is 16.9 Å². The molecule has 2 rings (SSSR count). The minimum Gasteiger partial charge on any atom is -0.476 e. The fraction of sp³-hybridized carbons (Fsp3) is 0.286. The van der Waals surface area contributed by atoms with E-state index in [0.29, 0.717) is 17.8 Å². The van der Waals surface area contributed by atoms with Crippen molar-refractivity contribution >= 4 is 17.3 Å². The number of carboxylic acid groups (broad SMARTS) is 1. The van der Waals surface area contributed by atoms with E-state index in [0.717, 1.165) is 11.3 Å². The van der Waals surface area contributed by atoms with Gasteiger partial charge in [-0.2, -0.15) is 0 Å². The van der Waals surface area contributed by atoms with E-state index >= 15 is 0 Å². The fourth-order valence-electron chi connectivity index (χ4n) is 1.92. The van der Waals surface area contributed by atoms with Gasteiger partial charge in [0.15, 0.2) is 0 Å². The maximum atomic E-state index is 13.7. The first kappa shape index (κ1) is 14.6. The number of nitrogens with zero attached hydrogens (tertiary/aromatic N) is 2. The molecule has 0 bridgehead atoms. The Labute approximate surface area is 120 Å². The average Bonchev–Trinajstić information content (AvgIpc) is 2.87. The van der Waals surface area contributed by atoms with Crippen molar-refractivity contribution < 1.29 is 14.3 Å². The van der Waals surface area contributed by atoms with E-state index in [1.807, 2.05) is 18.9 Å². The molecule has 6 heteroatoms. The lowest BCUT2D eigenvalue weighted by Crippen LogP contribution is -2.23. The van der Waals surface area contributed by atoms with Gasteiger partial charge in [-0.25, -0.2) is 14.2 Å². The number of rotatable bonds is 5. The van der Waals surface area contributed by atoms with Crippen molar-refractivity contribution in [1.29, 1.82) is 0 Å². The van der Waals surface area contributed by atoms with Crippen LogP contribution in [0.2, 0.25) is 0 Å². The summed E-state index contributed by atoms with van der Waals surface area (Å²) in [5, 5.41) is 10.6. The van der Waals surface area contributed by atoms with Gasteiger partial charge in [-0.05, 0) is 20.0 Å². The van der Waals surface area contributed by atoms with Crippen LogP contribution >= 0.6 is 11.3 Å². The summed E-state index contributed by atoms with van der Waals surface area (Å²) in [7, 11) is 1.86. The summed E-state index contributed by atoms with van der Waals surface area (Å²) >= 11 is 1.10. The Morgan fingerprint density at radius 3 is 2.80 bits per heavy atom. The molecule has 0 radical (unpaired) electrons. The number of halogens is 1. The second kappa shape index (κ2) is 6.11. The number of carboxylic acids is 1. The Morgan fingerprint density at radius 2 is 2.20 bits per heavy atom. The molecule has 1 atom stereocenters. The quantitative estimate of drug-likeness (QED) is 0.920. The summed E-state index contributed by atoms with van der Waals surface area (Å²) in [4.78, 5) is 16.7. The smallest absolute Gasteiger partial charge is 0.365 e. The van der Waals surface area contributed by atoms with Gasteiger partial charge in [-0.15, -0.1) is 11.3 Å². The van der Waals surface area contributed by atoms with E-state index in [1.54, 1.807) is 23.6 Å². The molecule has 0 aliphatic rings. The van der Waals surface area contributed by atoms with Gasteiger partial charge in [0.25, 0.3) is 0 Å². The van der Waals surface area contributed by atoms with Crippen LogP contribution in [-0.4, -0.2) is 28.0 Å². The van der Waals surface area contributed by atoms with Crippen LogP contribution in [0.4, 0.5) is 4.39 Å². The van der Waals surface area contributed by atoms with Crippen molar-refractivity contribution in [3.8, 4) is 0 Å². The lowest BCUT2D eigenvalue weighted by atomic mass is 10.1. The van der Waals surface area contributed by atoms with Gasteiger partial charge in [0.2, 0.25) is 5.01 Å². The van der Waals surface area contributed by atoms with Crippen molar-refractivity contribution in [1.82, 2.24) is 9.88 Å². The number of hydrogen-bond donors (Lipinski definition) is 1. The highest BCUT2D eigenvalue weighted by Gasteiger charge is 2.17. The number of hydrogen-bond acceptors (Lipinski definition) is 4. The molecule has 1 N–H and O–H groups in total. The zero-order valence-corrected chi connectivity index (χ0v) is 12.0. The molecule has 1 unspecified atom stereocenters. The topological polar surface area (TPSA) is 53.4 Å². The lowest BCUT2D eigenvalue weighted by Gasteiger charge is -2.24. The van der Waals surface area contributed by atoms with Crippen LogP contribution in [0, 0.1) is 5.82 Å². The molecular weight excluding hydrogens is 279 g/mol. The van der Waals surface area contributed by atoms with Crippen LogP contribution in [-0.2, 0) is 6.54 Å². The molecule has 2 aromatic rings. The van der Waals surface area contributed by atoms with Crippen molar-refractivity contribution in [2.75, 3.05) is 7.05 Å². The highest BCUT2D eigenvalue weighted by atomic mass is 32.1. The zero-order chi connectivity index (χ0) is 14.7. The zero-order valence-electron chi connectivity index (χ0n) is 11.2. The molecule has 1 aromatic carbocycles. The molecule has 0 amide bonds. The number of benzene rings is 1. The van der Waals surface area contributed by atoms with Crippen LogP contribution < -0.4 is 0 Å². The maximum Gasteiger partial charge on any atom is 0.365 e. The number of carbonyl (C=O) groups is 1. The first-order valence-electron chi connectivity index (χ1n) is 6.11. The van der Waals surface area contributed by atoms with Crippen LogP contribution in [0.1, 0.15) is 34.0 Å². The normalized spacial score (nSPS) is 12.6. The number of aromatic carboxylic acids is 1. The first-order valence-corrected chi connectivity index (χ1v) is 6.99. The highest BCUT2D eigenvalue weighted by Crippen LogP contribution is 2.23. The Kier molecular flexibility index (Phi) is 4.46. The number of aromatic nitrogens is 1.